The van der Waals surface area contributed by atoms with Crippen molar-refractivity contribution in [1.29, 1.82) is 0 Å². The first-order valence-electron chi connectivity index (χ1n) is 7.49. The SMILES string of the molecule is CC(C)C1CC2(CCO1)CN=C(N)N2c1cccc(F)c1. The summed E-state index contributed by atoms with van der Waals surface area (Å²) in [5, 5.41) is 0. The maximum Gasteiger partial charge on any atom is 0.196 e. The van der Waals surface area contributed by atoms with Crippen LogP contribution in [0, 0.1) is 11.7 Å². The third-order valence-electron chi connectivity index (χ3n) is 4.53. The molecule has 3 rings (SSSR count). The van der Waals surface area contributed by atoms with Gasteiger partial charge in [0.25, 0.3) is 0 Å². The van der Waals surface area contributed by atoms with Crippen molar-refractivity contribution in [3.63, 3.8) is 0 Å². The Labute approximate surface area is 124 Å². The summed E-state index contributed by atoms with van der Waals surface area (Å²) in [4.78, 5) is 6.44. The van der Waals surface area contributed by atoms with Crippen LogP contribution in [0.4, 0.5) is 10.1 Å². The number of nitrogens with two attached hydrogens (primary N) is 1. The van der Waals surface area contributed by atoms with E-state index in [4.69, 9.17) is 10.5 Å². The number of anilines is 1. The molecular weight excluding hydrogens is 269 g/mol. The van der Waals surface area contributed by atoms with Gasteiger partial charge in [-0.2, -0.15) is 0 Å². The van der Waals surface area contributed by atoms with Gasteiger partial charge in [0.1, 0.15) is 5.82 Å². The van der Waals surface area contributed by atoms with Crippen LogP contribution >= 0.6 is 0 Å². The molecule has 2 N–H and O–H groups in total. The second-order valence-corrected chi connectivity index (χ2v) is 6.32. The van der Waals surface area contributed by atoms with Crippen molar-refractivity contribution >= 4 is 11.6 Å². The van der Waals surface area contributed by atoms with E-state index in [0.717, 1.165) is 18.5 Å². The number of aliphatic imine (C=N–C) groups is 1. The Bertz CT molecular complexity index is 560. The minimum atomic E-state index is -0.255. The largest absolute Gasteiger partial charge is 0.378 e. The smallest absolute Gasteiger partial charge is 0.196 e. The lowest BCUT2D eigenvalue weighted by Crippen LogP contribution is -2.57. The molecule has 2 atom stereocenters. The van der Waals surface area contributed by atoms with E-state index in [1.165, 1.54) is 12.1 Å². The molecule has 0 saturated carbocycles. The zero-order chi connectivity index (χ0) is 15.0. The molecule has 1 aromatic rings. The third-order valence-corrected chi connectivity index (χ3v) is 4.53. The van der Waals surface area contributed by atoms with E-state index in [2.05, 4.69) is 18.8 Å². The van der Waals surface area contributed by atoms with Crippen LogP contribution in [0.25, 0.3) is 0 Å². The Balaban J connectivity index is 1.94. The molecule has 2 aliphatic rings. The zero-order valence-electron chi connectivity index (χ0n) is 12.6. The number of benzene rings is 1. The molecule has 1 aromatic carbocycles. The van der Waals surface area contributed by atoms with E-state index in [0.29, 0.717) is 25.0 Å². The fraction of sp³-hybridized carbons (Fsp3) is 0.562. The maximum absolute atomic E-state index is 13.6. The van der Waals surface area contributed by atoms with Gasteiger partial charge in [-0.15, -0.1) is 0 Å². The van der Waals surface area contributed by atoms with Crippen LogP contribution in [0.1, 0.15) is 26.7 Å². The molecule has 0 aromatic heterocycles. The molecule has 2 heterocycles. The molecule has 114 valence electrons. The number of guanidine groups is 1. The molecule has 1 fully saturated rings. The van der Waals surface area contributed by atoms with E-state index in [-0.39, 0.29) is 17.5 Å². The van der Waals surface area contributed by atoms with Crippen molar-refractivity contribution in [3.8, 4) is 0 Å². The monoisotopic (exact) mass is 291 g/mol. The maximum atomic E-state index is 13.6. The molecule has 1 spiro atoms. The highest BCUT2D eigenvalue weighted by atomic mass is 19.1. The molecule has 0 radical (unpaired) electrons. The highest BCUT2D eigenvalue weighted by molar-refractivity contribution is 5.98. The number of nitrogens with zero attached hydrogens (tertiary/aromatic N) is 2. The molecule has 0 bridgehead atoms. The Morgan fingerprint density at radius 3 is 3.00 bits per heavy atom. The van der Waals surface area contributed by atoms with E-state index >= 15 is 0 Å². The predicted octanol–water partition coefficient (Wildman–Crippen LogP) is 2.53. The first-order chi connectivity index (χ1) is 10.0. The van der Waals surface area contributed by atoms with Gasteiger partial charge in [0.15, 0.2) is 5.96 Å². The lowest BCUT2D eigenvalue weighted by molar-refractivity contribution is -0.0380. The van der Waals surface area contributed by atoms with E-state index in [1.54, 1.807) is 6.07 Å². The van der Waals surface area contributed by atoms with Crippen LogP contribution in [0.15, 0.2) is 29.3 Å². The molecule has 21 heavy (non-hydrogen) atoms. The minimum Gasteiger partial charge on any atom is -0.378 e. The van der Waals surface area contributed by atoms with Crippen LogP contribution in [0.5, 0.6) is 0 Å². The quantitative estimate of drug-likeness (QED) is 0.911. The molecule has 5 heteroatoms. The van der Waals surface area contributed by atoms with Crippen molar-refractivity contribution in [2.24, 2.45) is 16.6 Å². The molecular formula is C16H22FN3O. The van der Waals surface area contributed by atoms with E-state index in [9.17, 15) is 4.39 Å². The van der Waals surface area contributed by atoms with Crippen molar-refractivity contribution in [3.05, 3.63) is 30.1 Å². The standard InChI is InChI=1S/C16H22FN3O/c1-11(2)14-9-16(6-7-21-14)10-19-15(18)20(16)13-5-3-4-12(17)8-13/h3-5,8,11,14H,6-7,9-10H2,1-2H3,(H2,18,19). The van der Waals surface area contributed by atoms with Gasteiger partial charge in [-0.3, -0.25) is 4.99 Å². The van der Waals surface area contributed by atoms with Gasteiger partial charge >= 0.3 is 0 Å². The summed E-state index contributed by atoms with van der Waals surface area (Å²) in [5.41, 5.74) is 6.70. The predicted molar refractivity (Wildman–Crippen MR) is 81.9 cm³/mol. The summed E-state index contributed by atoms with van der Waals surface area (Å²) in [5.74, 6) is 0.665. The second-order valence-electron chi connectivity index (χ2n) is 6.32. The van der Waals surface area contributed by atoms with Gasteiger partial charge in [-0.05, 0) is 37.0 Å². The molecule has 1 saturated heterocycles. The number of ether oxygens (including phenoxy) is 1. The van der Waals surface area contributed by atoms with E-state index in [1.807, 2.05) is 11.0 Å². The third kappa shape index (κ3) is 2.50. The van der Waals surface area contributed by atoms with Crippen LogP contribution < -0.4 is 10.6 Å². The van der Waals surface area contributed by atoms with Gasteiger partial charge in [0, 0.05) is 12.3 Å². The minimum absolute atomic E-state index is 0.176. The molecule has 0 aliphatic carbocycles. The summed E-state index contributed by atoms with van der Waals surface area (Å²) in [6.07, 6.45) is 1.92. The molecule has 2 unspecified atom stereocenters. The van der Waals surface area contributed by atoms with Crippen LogP contribution in [-0.4, -0.2) is 30.8 Å². The second kappa shape index (κ2) is 5.30. The van der Waals surface area contributed by atoms with Gasteiger partial charge in [0.05, 0.1) is 18.2 Å². The topological polar surface area (TPSA) is 50.9 Å². The summed E-state index contributed by atoms with van der Waals surface area (Å²) < 4.78 is 19.5. The van der Waals surface area contributed by atoms with Crippen LogP contribution in [0.3, 0.4) is 0 Å². The van der Waals surface area contributed by atoms with Crippen molar-refractivity contribution in [1.82, 2.24) is 0 Å². The Morgan fingerprint density at radius 1 is 1.48 bits per heavy atom. The lowest BCUT2D eigenvalue weighted by Gasteiger charge is -2.45. The first kappa shape index (κ1) is 14.3. The Hall–Kier alpha value is -1.62. The summed E-state index contributed by atoms with van der Waals surface area (Å²) >= 11 is 0. The van der Waals surface area contributed by atoms with Gasteiger partial charge < -0.3 is 15.4 Å². The van der Waals surface area contributed by atoms with Crippen LogP contribution in [-0.2, 0) is 4.74 Å². The fourth-order valence-electron chi connectivity index (χ4n) is 3.34. The number of hydrogen-bond donors (Lipinski definition) is 1. The Kier molecular flexibility index (Phi) is 3.61. The number of rotatable bonds is 2. The summed E-state index contributed by atoms with van der Waals surface area (Å²) in [6.45, 7) is 5.67. The van der Waals surface area contributed by atoms with Crippen molar-refractivity contribution in [2.45, 2.75) is 38.3 Å². The fourth-order valence-corrected chi connectivity index (χ4v) is 3.34. The average Bonchev–Trinajstić information content (AvgIpc) is 2.75. The highest BCUT2D eigenvalue weighted by Gasteiger charge is 2.47. The lowest BCUT2D eigenvalue weighted by atomic mass is 9.82. The van der Waals surface area contributed by atoms with Crippen molar-refractivity contribution < 1.29 is 9.13 Å². The average molecular weight is 291 g/mol. The molecule has 2 aliphatic heterocycles. The first-order valence-corrected chi connectivity index (χ1v) is 7.49. The van der Waals surface area contributed by atoms with Crippen LogP contribution in [0.2, 0.25) is 0 Å². The van der Waals surface area contributed by atoms with E-state index < -0.39 is 0 Å². The van der Waals surface area contributed by atoms with Gasteiger partial charge in [-0.25, -0.2) is 4.39 Å². The van der Waals surface area contributed by atoms with Crippen molar-refractivity contribution in [2.75, 3.05) is 18.1 Å². The van der Waals surface area contributed by atoms with Gasteiger partial charge in [0.2, 0.25) is 0 Å². The number of hydrogen-bond acceptors (Lipinski definition) is 4. The molecule has 4 nitrogen and oxygen atoms in total. The molecule has 0 amide bonds. The van der Waals surface area contributed by atoms with Gasteiger partial charge in [-0.1, -0.05) is 19.9 Å². The highest BCUT2D eigenvalue weighted by Crippen LogP contribution is 2.39. The normalized spacial score (nSPS) is 29.2. The Morgan fingerprint density at radius 2 is 2.29 bits per heavy atom. The number of halogens is 1. The summed E-state index contributed by atoms with van der Waals surface area (Å²) in [6, 6.07) is 6.57. The summed E-state index contributed by atoms with van der Waals surface area (Å²) in [7, 11) is 0. The zero-order valence-corrected chi connectivity index (χ0v) is 12.6.